The quantitative estimate of drug-likeness (QED) is 0.357. The van der Waals surface area contributed by atoms with E-state index < -0.39 is 6.09 Å². The summed E-state index contributed by atoms with van der Waals surface area (Å²) in [5, 5.41) is 9.97. The van der Waals surface area contributed by atoms with Gasteiger partial charge in [0.25, 0.3) is 0 Å². The first-order chi connectivity index (χ1) is 17.5. The minimum Gasteiger partial charge on any atom is -0.453 e. The topological polar surface area (TPSA) is 101 Å². The minimum absolute atomic E-state index is 0.0304. The van der Waals surface area contributed by atoms with Gasteiger partial charge in [-0.15, -0.1) is 0 Å². The molecule has 36 heavy (non-hydrogen) atoms. The van der Waals surface area contributed by atoms with E-state index in [1.165, 1.54) is 13.5 Å². The second kappa shape index (κ2) is 15.4. The minimum atomic E-state index is -0.480. The summed E-state index contributed by atoms with van der Waals surface area (Å²) in [4.78, 5) is 26.4. The van der Waals surface area contributed by atoms with Crippen LogP contribution in [0.4, 0.5) is 9.59 Å². The van der Waals surface area contributed by atoms with Crippen molar-refractivity contribution in [3.05, 3.63) is 22.8 Å². The van der Waals surface area contributed by atoms with Gasteiger partial charge in [0.2, 0.25) is 0 Å². The van der Waals surface area contributed by atoms with Gasteiger partial charge >= 0.3 is 12.1 Å². The second-order valence-electron chi connectivity index (χ2n) is 9.88. The lowest BCUT2D eigenvalue weighted by molar-refractivity contribution is 0.0170. The largest absolute Gasteiger partial charge is 0.453 e. The molecule has 4 atom stereocenters. The number of alkyl carbamates (subject to hydrolysis) is 1. The van der Waals surface area contributed by atoms with E-state index in [-0.39, 0.29) is 24.1 Å². The summed E-state index contributed by atoms with van der Waals surface area (Å²) in [6.07, 6.45) is 10.4. The predicted octanol–water partition coefficient (Wildman–Crippen LogP) is 3.40. The summed E-state index contributed by atoms with van der Waals surface area (Å²) in [5.41, 5.74) is 1.06. The van der Waals surface area contributed by atoms with Crippen LogP contribution in [0.3, 0.4) is 0 Å². The average Bonchev–Trinajstić information content (AvgIpc) is 2.91. The lowest BCUT2D eigenvalue weighted by Crippen LogP contribution is -2.51. The molecule has 2 aliphatic heterocycles. The molecule has 2 heterocycles. The molecular weight excluding hydrogens is 484 g/mol. The Hall–Kier alpha value is -1.81. The van der Waals surface area contributed by atoms with Crippen molar-refractivity contribution in [1.82, 2.24) is 20.9 Å². The number of carbonyl (C=O) groups is 2. The maximum absolute atomic E-state index is 13.1. The van der Waals surface area contributed by atoms with Gasteiger partial charge in [-0.25, -0.2) is 9.59 Å². The number of nitrogens with one attached hydrogen (secondary N) is 3. The van der Waals surface area contributed by atoms with Crippen LogP contribution in [0.5, 0.6) is 0 Å². The van der Waals surface area contributed by atoms with Gasteiger partial charge in [0, 0.05) is 56.4 Å². The Balaban J connectivity index is 1.54. The van der Waals surface area contributed by atoms with Gasteiger partial charge in [0.15, 0.2) is 0 Å². The Morgan fingerprint density at radius 3 is 2.86 bits per heavy atom. The third-order valence-corrected chi connectivity index (χ3v) is 7.52. The van der Waals surface area contributed by atoms with Crippen LogP contribution in [0.1, 0.15) is 44.9 Å². The molecule has 204 valence electrons. The zero-order valence-corrected chi connectivity index (χ0v) is 22.5. The third-order valence-electron chi connectivity index (χ3n) is 7.22. The molecule has 2 saturated heterocycles. The molecule has 0 radical (unpaired) electrons. The highest BCUT2D eigenvalue weighted by molar-refractivity contribution is 6.29. The number of carbonyl (C=O) groups excluding carboxylic acids is 2. The lowest BCUT2D eigenvalue weighted by Gasteiger charge is -2.38. The number of allylic oxidation sites excluding steroid dienone is 2. The summed E-state index contributed by atoms with van der Waals surface area (Å²) in [6, 6.07) is 0.191. The second-order valence-corrected chi connectivity index (χ2v) is 10.4. The summed E-state index contributed by atoms with van der Waals surface area (Å²) < 4.78 is 16.5. The first-order valence-electron chi connectivity index (χ1n) is 13.3. The van der Waals surface area contributed by atoms with Crippen molar-refractivity contribution in [2.75, 3.05) is 60.2 Å². The van der Waals surface area contributed by atoms with Gasteiger partial charge in [-0.3, -0.25) is 0 Å². The van der Waals surface area contributed by atoms with E-state index in [0.29, 0.717) is 32.2 Å². The number of rotatable bonds is 11. The number of urea groups is 1. The summed E-state index contributed by atoms with van der Waals surface area (Å²) in [5.74, 6) is 0.690. The molecule has 2 fully saturated rings. The molecule has 3 N–H and O–H groups in total. The predicted molar refractivity (Wildman–Crippen MR) is 140 cm³/mol. The number of methoxy groups -OCH3 is 1. The Morgan fingerprint density at radius 2 is 2.14 bits per heavy atom. The first kappa shape index (κ1) is 28.8. The van der Waals surface area contributed by atoms with E-state index in [4.69, 9.17) is 21.1 Å². The van der Waals surface area contributed by atoms with Crippen LogP contribution in [0.2, 0.25) is 0 Å². The van der Waals surface area contributed by atoms with E-state index in [9.17, 15) is 9.59 Å². The zero-order valence-electron chi connectivity index (χ0n) is 21.7. The van der Waals surface area contributed by atoms with Crippen LogP contribution >= 0.6 is 11.6 Å². The van der Waals surface area contributed by atoms with E-state index in [2.05, 4.69) is 26.8 Å². The maximum atomic E-state index is 13.1. The van der Waals surface area contributed by atoms with Crippen LogP contribution in [0, 0.1) is 11.8 Å². The van der Waals surface area contributed by atoms with Gasteiger partial charge in [0.05, 0.1) is 19.8 Å². The molecule has 0 bridgehead atoms. The molecule has 0 spiro atoms. The number of halogens is 1. The number of piperidine rings is 1. The van der Waals surface area contributed by atoms with E-state index in [1.807, 2.05) is 18.0 Å². The number of hydrogen-bond donors (Lipinski definition) is 3. The van der Waals surface area contributed by atoms with E-state index in [1.54, 1.807) is 0 Å². The van der Waals surface area contributed by atoms with Crippen molar-refractivity contribution < 1.29 is 23.8 Å². The highest BCUT2D eigenvalue weighted by atomic mass is 35.5. The Morgan fingerprint density at radius 1 is 1.28 bits per heavy atom. The molecule has 0 saturated carbocycles. The Bertz CT molecular complexity index is 771. The monoisotopic (exact) mass is 526 g/mol. The zero-order chi connectivity index (χ0) is 25.8. The number of ether oxygens (including phenoxy) is 3. The average molecular weight is 527 g/mol. The van der Waals surface area contributed by atoms with Crippen molar-refractivity contribution in [3.8, 4) is 0 Å². The standard InChI is InChI=1S/C26H43ClN4O5/c1-28-23(14-19-6-5-12-35-18-19)16-30-25(32)31-11-4-8-21(17-31)24(20-7-3-9-22(27)15-20)36-13-10-29-26(33)34-2/h7,15,19,21,23-24,28H,3-6,8-14,16-18H2,1-2H3,(H,29,33)(H,30,32)/t19-,21-,23+,24+/m1/s1. The number of nitrogens with zero attached hydrogens (tertiary/aromatic N) is 1. The van der Waals surface area contributed by atoms with Crippen molar-refractivity contribution in [1.29, 1.82) is 0 Å². The number of hydrogen-bond acceptors (Lipinski definition) is 6. The Labute approximate surface area is 220 Å². The van der Waals surface area contributed by atoms with E-state index >= 15 is 0 Å². The Kier molecular flexibility index (Phi) is 12.3. The summed E-state index contributed by atoms with van der Waals surface area (Å²) in [7, 11) is 3.29. The van der Waals surface area contributed by atoms with Crippen LogP contribution in [-0.2, 0) is 14.2 Å². The molecule has 3 amide bonds. The maximum Gasteiger partial charge on any atom is 0.406 e. The smallest absolute Gasteiger partial charge is 0.406 e. The molecular formula is C26H43ClN4O5. The van der Waals surface area contributed by atoms with Gasteiger partial charge in [-0.2, -0.15) is 0 Å². The van der Waals surface area contributed by atoms with Crippen LogP contribution in [-0.4, -0.2) is 89.3 Å². The molecule has 3 rings (SSSR count). The number of likely N-dealkylation sites (tertiary alicyclic amines) is 1. The molecule has 0 aromatic carbocycles. The highest BCUT2D eigenvalue weighted by Crippen LogP contribution is 2.31. The van der Waals surface area contributed by atoms with Crippen molar-refractivity contribution in [2.45, 2.75) is 57.1 Å². The van der Waals surface area contributed by atoms with Gasteiger partial charge in [-0.1, -0.05) is 17.7 Å². The van der Waals surface area contributed by atoms with Crippen LogP contribution in [0.15, 0.2) is 22.8 Å². The highest BCUT2D eigenvalue weighted by Gasteiger charge is 2.32. The van der Waals surface area contributed by atoms with Crippen LogP contribution in [0.25, 0.3) is 0 Å². The fourth-order valence-electron chi connectivity index (χ4n) is 5.27. The molecule has 3 aliphatic rings. The van der Waals surface area contributed by atoms with Gasteiger partial charge in [-0.05, 0) is 69.6 Å². The summed E-state index contributed by atoms with van der Waals surface area (Å²) >= 11 is 6.35. The normalized spacial score (nSPS) is 24.2. The molecule has 1 aliphatic carbocycles. The van der Waals surface area contributed by atoms with E-state index in [0.717, 1.165) is 68.9 Å². The fraction of sp³-hybridized carbons (Fsp3) is 0.769. The number of likely N-dealkylation sites (N-methyl/N-ethyl adjacent to an activating group) is 1. The molecule has 0 aromatic heterocycles. The van der Waals surface area contributed by atoms with Crippen molar-refractivity contribution in [3.63, 3.8) is 0 Å². The van der Waals surface area contributed by atoms with Gasteiger partial charge < -0.3 is 35.1 Å². The lowest BCUT2D eigenvalue weighted by atomic mass is 9.86. The van der Waals surface area contributed by atoms with Crippen molar-refractivity contribution >= 4 is 23.7 Å². The first-order valence-corrected chi connectivity index (χ1v) is 13.6. The molecule has 0 unspecified atom stereocenters. The molecule has 0 aromatic rings. The molecule has 9 nitrogen and oxygen atoms in total. The summed E-state index contributed by atoms with van der Waals surface area (Å²) in [6.45, 7) is 4.31. The fourth-order valence-corrected chi connectivity index (χ4v) is 5.50. The number of amides is 3. The molecule has 10 heteroatoms. The SMILES string of the molecule is CN[C@H](CNC(=O)N1CCC[C@@H]([C@@H](OCCNC(=O)OC)C2=CCCC(Cl)=C2)C1)C[C@H]1CCCOC1. The van der Waals surface area contributed by atoms with Crippen LogP contribution < -0.4 is 16.0 Å². The third kappa shape index (κ3) is 9.25. The van der Waals surface area contributed by atoms with Gasteiger partial charge in [0.1, 0.15) is 0 Å². The van der Waals surface area contributed by atoms with Crippen molar-refractivity contribution in [2.24, 2.45) is 11.8 Å².